The van der Waals surface area contributed by atoms with E-state index in [0.717, 1.165) is 39.6 Å². The van der Waals surface area contributed by atoms with Crippen molar-refractivity contribution in [3.05, 3.63) is 83.9 Å². The minimum absolute atomic E-state index is 0.0838. The van der Waals surface area contributed by atoms with E-state index < -0.39 is 0 Å². The quantitative estimate of drug-likeness (QED) is 0.314. The molecule has 1 heterocycles. The molecule has 1 amide bonds. The summed E-state index contributed by atoms with van der Waals surface area (Å²) in [4.78, 5) is 12.8. The van der Waals surface area contributed by atoms with Gasteiger partial charge >= 0.3 is 0 Å². The lowest BCUT2D eigenvalue weighted by atomic mass is 10.0. The van der Waals surface area contributed by atoms with Gasteiger partial charge in [0, 0.05) is 16.9 Å². The van der Waals surface area contributed by atoms with Crippen LogP contribution >= 0.6 is 11.8 Å². The molecule has 0 fully saturated rings. The number of carbonyl (C=O) groups is 1. The third-order valence-electron chi connectivity index (χ3n) is 5.43. The summed E-state index contributed by atoms with van der Waals surface area (Å²) in [6.07, 6.45) is 0. The summed E-state index contributed by atoms with van der Waals surface area (Å²) >= 11 is 1.36. The largest absolute Gasteiger partial charge is 0.497 e. The van der Waals surface area contributed by atoms with Crippen LogP contribution in [0, 0.1) is 6.92 Å². The van der Waals surface area contributed by atoms with Gasteiger partial charge in [0.25, 0.3) is 0 Å². The van der Waals surface area contributed by atoms with Crippen LogP contribution in [0.4, 0.5) is 5.69 Å². The molecule has 0 bridgehead atoms. The normalized spacial score (nSPS) is 11.0. The molecule has 7 heteroatoms. The topological polar surface area (TPSA) is 69.0 Å². The van der Waals surface area contributed by atoms with E-state index in [-0.39, 0.29) is 11.7 Å². The van der Waals surface area contributed by atoms with E-state index in [9.17, 15) is 4.79 Å². The zero-order chi connectivity index (χ0) is 24.1. The van der Waals surface area contributed by atoms with Gasteiger partial charge in [-0.1, -0.05) is 67.6 Å². The molecule has 0 aliphatic heterocycles. The Kier molecular flexibility index (Phi) is 7.33. The highest BCUT2D eigenvalue weighted by Gasteiger charge is 2.18. The van der Waals surface area contributed by atoms with Gasteiger partial charge in [-0.3, -0.25) is 9.36 Å². The molecule has 0 radical (unpaired) electrons. The van der Waals surface area contributed by atoms with Gasteiger partial charge in [0.15, 0.2) is 11.0 Å². The van der Waals surface area contributed by atoms with Gasteiger partial charge in [0.1, 0.15) is 5.75 Å². The lowest BCUT2D eigenvalue weighted by Gasteiger charge is -2.14. The molecule has 0 unspecified atom stereocenters. The molecule has 4 aromatic rings. The minimum Gasteiger partial charge on any atom is -0.497 e. The predicted octanol–water partition coefficient (Wildman–Crippen LogP) is 6.11. The number of benzene rings is 3. The SMILES string of the molecule is COc1ccc(-n2c(SCC(=O)Nc3ccccc3C(C)C)nnc2-c2cccc(C)c2)cc1. The van der Waals surface area contributed by atoms with Gasteiger partial charge in [-0.15, -0.1) is 10.2 Å². The monoisotopic (exact) mass is 472 g/mol. The van der Waals surface area contributed by atoms with E-state index in [2.05, 4.69) is 35.4 Å². The molecular weight excluding hydrogens is 444 g/mol. The fourth-order valence-corrected chi connectivity index (χ4v) is 4.48. The van der Waals surface area contributed by atoms with E-state index in [1.54, 1.807) is 7.11 Å². The summed E-state index contributed by atoms with van der Waals surface area (Å²) < 4.78 is 7.29. The molecule has 1 N–H and O–H groups in total. The first kappa shape index (κ1) is 23.6. The molecule has 4 rings (SSSR count). The van der Waals surface area contributed by atoms with Gasteiger partial charge in [-0.2, -0.15) is 0 Å². The Balaban J connectivity index is 1.61. The summed E-state index contributed by atoms with van der Waals surface area (Å²) in [7, 11) is 1.64. The molecule has 0 aliphatic carbocycles. The fraction of sp³-hybridized carbons (Fsp3) is 0.222. The van der Waals surface area contributed by atoms with E-state index in [1.807, 2.05) is 78.2 Å². The number of carbonyl (C=O) groups excluding carboxylic acids is 1. The molecule has 0 spiro atoms. The van der Waals surface area contributed by atoms with E-state index in [1.165, 1.54) is 11.8 Å². The maximum Gasteiger partial charge on any atom is 0.234 e. The highest BCUT2D eigenvalue weighted by Crippen LogP contribution is 2.30. The number of methoxy groups -OCH3 is 1. The summed E-state index contributed by atoms with van der Waals surface area (Å²) in [5, 5.41) is 12.6. The number of aryl methyl sites for hydroxylation is 1. The first-order chi connectivity index (χ1) is 16.5. The molecule has 1 aromatic heterocycles. The summed E-state index contributed by atoms with van der Waals surface area (Å²) in [6.45, 7) is 6.28. The number of ether oxygens (including phenoxy) is 1. The molecule has 0 aliphatic rings. The number of amides is 1. The van der Waals surface area contributed by atoms with Crippen molar-refractivity contribution in [1.29, 1.82) is 0 Å². The molecular formula is C27H28N4O2S. The maximum atomic E-state index is 12.8. The van der Waals surface area contributed by atoms with Gasteiger partial charge < -0.3 is 10.1 Å². The molecule has 0 saturated heterocycles. The minimum atomic E-state index is -0.0838. The second-order valence-corrected chi connectivity index (χ2v) is 9.23. The highest BCUT2D eigenvalue weighted by molar-refractivity contribution is 7.99. The van der Waals surface area contributed by atoms with Crippen LogP contribution in [0.15, 0.2) is 78.0 Å². The van der Waals surface area contributed by atoms with Crippen LogP contribution in [0.3, 0.4) is 0 Å². The van der Waals surface area contributed by atoms with E-state index >= 15 is 0 Å². The van der Waals surface area contributed by atoms with Gasteiger partial charge in [-0.25, -0.2) is 0 Å². The smallest absolute Gasteiger partial charge is 0.234 e. The average Bonchev–Trinajstić information content (AvgIpc) is 3.27. The van der Waals surface area contributed by atoms with Gasteiger partial charge in [0.05, 0.1) is 12.9 Å². The second kappa shape index (κ2) is 10.6. The van der Waals surface area contributed by atoms with Crippen molar-refractivity contribution in [3.8, 4) is 22.8 Å². The van der Waals surface area contributed by atoms with Crippen LogP contribution < -0.4 is 10.1 Å². The fourth-order valence-electron chi connectivity index (χ4n) is 3.73. The zero-order valence-corrected chi connectivity index (χ0v) is 20.6. The van der Waals surface area contributed by atoms with Crippen LogP contribution in [0.5, 0.6) is 5.75 Å². The number of thioether (sulfide) groups is 1. The van der Waals surface area contributed by atoms with Crippen LogP contribution in [-0.2, 0) is 4.79 Å². The van der Waals surface area contributed by atoms with E-state index in [0.29, 0.717) is 11.1 Å². The Morgan fingerprint density at radius 3 is 2.50 bits per heavy atom. The molecule has 34 heavy (non-hydrogen) atoms. The summed E-state index contributed by atoms with van der Waals surface area (Å²) in [6, 6.07) is 23.8. The second-order valence-electron chi connectivity index (χ2n) is 8.29. The Morgan fingerprint density at radius 1 is 1.03 bits per heavy atom. The average molecular weight is 473 g/mol. The third-order valence-corrected chi connectivity index (χ3v) is 6.36. The van der Waals surface area contributed by atoms with Crippen molar-refractivity contribution >= 4 is 23.4 Å². The number of para-hydroxylation sites is 1. The summed E-state index contributed by atoms with van der Waals surface area (Å²) in [5.74, 6) is 1.95. The zero-order valence-electron chi connectivity index (χ0n) is 19.8. The van der Waals surface area contributed by atoms with Crippen LogP contribution in [-0.4, -0.2) is 33.5 Å². The molecule has 0 atom stereocenters. The predicted molar refractivity (Wildman–Crippen MR) is 138 cm³/mol. The number of hydrogen-bond donors (Lipinski definition) is 1. The lowest BCUT2D eigenvalue weighted by molar-refractivity contribution is -0.113. The third kappa shape index (κ3) is 5.31. The number of aromatic nitrogens is 3. The van der Waals surface area contributed by atoms with Crippen molar-refractivity contribution < 1.29 is 9.53 Å². The van der Waals surface area contributed by atoms with Crippen molar-refractivity contribution in [1.82, 2.24) is 14.8 Å². The Hall–Kier alpha value is -3.58. The number of rotatable bonds is 8. The Morgan fingerprint density at radius 2 is 1.79 bits per heavy atom. The number of anilines is 1. The Bertz CT molecular complexity index is 1280. The van der Waals surface area contributed by atoms with E-state index in [4.69, 9.17) is 4.74 Å². The maximum absolute atomic E-state index is 12.8. The molecule has 174 valence electrons. The molecule has 3 aromatic carbocycles. The van der Waals surface area contributed by atoms with Gasteiger partial charge in [0.2, 0.25) is 5.91 Å². The van der Waals surface area contributed by atoms with Crippen molar-refractivity contribution in [2.24, 2.45) is 0 Å². The van der Waals surface area contributed by atoms with Crippen molar-refractivity contribution in [3.63, 3.8) is 0 Å². The Labute approximate surface area is 204 Å². The standard InChI is InChI=1S/C27H28N4O2S/c1-18(2)23-10-5-6-11-24(23)28-25(32)17-34-27-30-29-26(20-9-7-8-19(3)16-20)31(27)21-12-14-22(33-4)15-13-21/h5-16,18H,17H2,1-4H3,(H,28,32). The van der Waals surface area contributed by atoms with Gasteiger partial charge in [-0.05, 0) is 54.8 Å². The number of hydrogen-bond acceptors (Lipinski definition) is 5. The van der Waals surface area contributed by atoms with Crippen molar-refractivity contribution in [2.45, 2.75) is 31.8 Å². The summed E-state index contributed by atoms with van der Waals surface area (Å²) in [5.41, 5.74) is 4.96. The highest BCUT2D eigenvalue weighted by atomic mass is 32.2. The molecule has 6 nitrogen and oxygen atoms in total. The van der Waals surface area contributed by atoms with Crippen LogP contribution in [0.2, 0.25) is 0 Å². The molecule has 0 saturated carbocycles. The van der Waals surface area contributed by atoms with Crippen LogP contribution in [0.25, 0.3) is 17.1 Å². The van der Waals surface area contributed by atoms with Crippen molar-refractivity contribution in [2.75, 3.05) is 18.2 Å². The first-order valence-corrected chi connectivity index (χ1v) is 12.1. The van der Waals surface area contributed by atoms with Crippen LogP contribution in [0.1, 0.15) is 30.9 Å². The number of nitrogens with zero attached hydrogens (tertiary/aromatic N) is 3. The lowest BCUT2D eigenvalue weighted by Crippen LogP contribution is -2.16. The first-order valence-electron chi connectivity index (χ1n) is 11.1. The number of nitrogens with one attached hydrogen (secondary N) is 1.